The van der Waals surface area contributed by atoms with Crippen LogP contribution in [-0.4, -0.2) is 88.3 Å². The lowest BCUT2D eigenvalue weighted by Crippen LogP contribution is -2.47. The molecule has 1 aliphatic heterocycles. The van der Waals surface area contributed by atoms with Crippen LogP contribution in [0.3, 0.4) is 0 Å². The minimum atomic E-state index is -0.451. The number of aromatic nitrogens is 2. The number of ether oxygens (including phenoxy) is 2. The summed E-state index contributed by atoms with van der Waals surface area (Å²) in [4.78, 5) is 39.2. The highest BCUT2D eigenvalue weighted by Gasteiger charge is 2.30. The fraction of sp³-hybridized carbons (Fsp3) is 0.471. The number of aliphatic hydroxyl groups excluding tert-OH is 1. The number of hydrogen-bond donors (Lipinski definition) is 2. The molecule has 0 radical (unpaired) electrons. The number of carbonyl (C=O) groups excluding carboxylic acids is 2. The Morgan fingerprint density at radius 1 is 1.09 bits per heavy atom. The van der Waals surface area contributed by atoms with E-state index in [2.05, 4.69) is 34.2 Å². The first-order chi connectivity index (χ1) is 21.2. The van der Waals surface area contributed by atoms with E-state index in [9.17, 15) is 14.7 Å². The van der Waals surface area contributed by atoms with Gasteiger partial charge >= 0.3 is 0 Å². The largest absolute Gasteiger partial charge is 0.490 e. The minimum Gasteiger partial charge on any atom is -0.490 e. The van der Waals surface area contributed by atoms with Crippen LogP contribution in [0.25, 0.3) is 0 Å². The van der Waals surface area contributed by atoms with Gasteiger partial charge in [0.05, 0.1) is 30.4 Å². The van der Waals surface area contributed by atoms with Crippen LogP contribution in [0.4, 0.5) is 5.69 Å². The normalized spacial score (nSPS) is 20.7. The van der Waals surface area contributed by atoms with Crippen molar-refractivity contribution in [1.82, 2.24) is 19.8 Å². The third-order valence-corrected chi connectivity index (χ3v) is 7.95. The van der Waals surface area contributed by atoms with E-state index in [-0.39, 0.29) is 36.5 Å². The lowest BCUT2D eigenvalue weighted by Gasteiger charge is -2.36. The Balaban J connectivity index is 1.61. The van der Waals surface area contributed by atoms with Crippen molar-refractivity contribution in [3.05, 3.63) is 83.9 Å². The summed E-state index contributed by atoms with van der Waals surface area (Å²) in [7, 11) is 2.07. The Morgan fingerprint density at radius 2 is 1.80 bits per heavy atom. The molecule has 3 aromatic rings. The van der Waals surface area contributed by atoms with Gasteiger partial charge in [-0.2, -0.15) is 0 Å². The molecule has 2 amide bonds. The molecule has 44 heavy (non-hydrogen) atoms. The Kier molecular flexibility index (Phi) is 12.2. The van der Waals surface area contributed by atoms with Crippen molar-refractivity contribution in [2.75, 3.05) is 38.7 Å². The maximum Gasteiger partial charge on any atom is 0.258 e. The smallest absolute Gasteiger partial charge is 0.258 e. The Hall–Kier alpha value is -3.86. The van der Waals surface area contributed by atoms with Crippen molar-refractivity contribution in [2.45, 2.75) is 64.8 Å². The summed E-state index contributed by atoms with van der Waals surface area (Å²) in [5, 5.41) is 13.1. The number of rotatable bonds is 8. The van der Waals surface area contributed by atoms with Crippen LogP contribution in [0.5, 0.6) is 5.75 Å². The first-order valence-electron chi connectivity index (χ1n) is 15.4. The summed E-state index contributed by atoms with van der Waals surface area (Å²) < 4.78 is 12.8. The van der Waals surface area contributed by atoms with Gasteiger partial charge in [-0.05, 0) is 88.2 Å². The summed E-state index contributed by atoms with van der Waals surface area (Å²) in [6.45, 7) is 8.14. The number of nitrogens with one attached hydrogen (secondary N) is 1. The molecule has 0 saturated heterocycles. The molecule has 1 aromatic carbocycles. The molecule has 4 rings (SSSR count). The van der Waals surface area contributed by atoms with E-state index in [4.69, 9.17) is 9.47 Å². The van der Waals surface area contributed by atoms with Gasteiger partial charge in [0.25, 0.3) is 11.8 Å². The number of hydrogen-bond acceptors (Lipinski definition) is 8. The second kappa shape index (κ2) is 16.3. The topological polar surface area (TPSA) is 117 Å². The fourth-order valence-corrected chi connectivity index (χ4v) is 5.34. The molecule has 0 aliphatic carbocycles. The molecule has 1 aliphatic rings. The number of pyridine rings is 2. The zero-order valence-electron chi connectivity index (χ0n) is 26.2. The van der Waals surface area contributed by atoms with E-state index in [1.807, 2.05) is 26.0 Å². The highest BCUT2D eigenvalue weighted by atomic mass is 16.5. The maximum atomic E-state index is 14.3. The zero-order valence-corrected chi connectivity index (χ0v) is 26.2. The number of likely N-dealkylation sites (N-methyl/N-ethyl adjacent to an activating group) is 1. The van der Waals surface area contributed by atoms with Gasteiger partial charge in [0.1, 0.15) is 5.75 Å². The summed E-state index contributed by atoms with van der Waals surface area (Å²) in [6.07, 6.45) is 9.05. The van der Waals surface area contributed by atoms with Gasteiger partial charge in [-0.25, -0.2) is 0 Å². The number of benzene rings is 1. The SMILES string of the molecule is C[C@@H]1CCCCO[C@H](CN(C)Cc2ccncc2)[C@H](C)CN([C@@H](C)CO)C(=O)c2cc(NC(=O)c3ccncc3)ccc2O1. The first-order valence-corrected chi connectivity index (χ1v) is 15.4. The molecular formula is C34H45N5O5. The predicted molar refractivity (Wildman–Crippen MR) is 170 cm³/mol. The molecule has 0 fully saturated rings. The van der Waals surface area contributed by atoms with Crippen LogP contribution in [0.15, 0.2) is 67.3 Å². The average Bonchev–Trinajstić information content (AvgIpc) is 3.03. The van der Waals surface area contributed by atoms with E-state index in [0.29, 0.717) is 42.3 Å². The van der Waals surface area contributed by atoms with Crippen LogP contribution in [0, 0.1) is 5.92 Å². The van der Waals surface area contributed by atoms with Crippen molar-refractivity contribution >= 4 is 17.5 Å². The van der Waals surface area contributed by atoms with Crippen molar-refractivity contribution < 1.29 is 24.2 Å². The van der Waals surface area contributed by atoms with E-state index < -0.39 is 6.04 Å². The minimum absolute atomic E-state index is 0.0337. The second-order valence-electron chi connectivity index (χ2n) is 11.8. The monoisotopic (exact) mass is 603 g/mol. The molecule has 0 bridgehead atoms. The lowest BCUT2D eigenvalue weighted by molar-refractivity contribution is -0.0177. The van der Waals surface area contributed by atoms with Gasteiger partial charge in [0.2, 0.25) is 0 Å². The zero-order chi connectivity index (χ0) is 31.5. The predicted octanol–water partition coefficient (Wildman–Crippen LogP) is 4.66. The lowest BCUT2D eigenvalue weighted by atomic mass is 10.0. The summed E-state index contributed by atoms with van der Waals surface area (Å²) in [5.74, 6) is -0.163. The fourth-order valence-electron chi connectivity index (χ4n) is 5.34. The molecule has 0 saturated carbocycles. The van der Waals surface area contributed by atoms with Crippen molar-refractivity contribution in [3.63, 3.8) is 0 Å². The second-order valence-corrected chi connectivity index (χ2v) is 11.8. The number of carbonyl (C=O) groups is 2. The summed E-state index contributed by atoms with van der Waals surface area (Å²) in [5.41, 5.74) is 2.43. The van der Waals surface area contributed by atoms with Crippen LogP contribution >= 0.6 is 0 Å². The number of fused-ring (bicyclic) bond motifs is 1. The van der Waals surface area contributed by atoms with E-state index in [0.717, 1.165) is 25.8 Å². The van der Waals surface area contributed by atoms with Crippen LogP contribution < -0.4 is 10.1 Å². The summed E-state index contributed by atoms with van der Waals surface area (Å²) in [6, 6.07) is 12.0. The van der Waals surface area contributed by atoms with Gasteiger partial charge in [-0.1, -0.05) is 6.92 Å². The van der Waals surface area contributed by atoms with Gasteiger partial charge in [-0.15, -0.1) is 0 Å². The molecule has 3 heterocycles. The molecule has 10 heteroatoms. The molecule has 2 N–H and O–H groups in total. The molecule has 0 spiro atoms. The molecule has 0 unspecified atom stereocenters. The molecule has 236 valence electrons. The third-order valence-electron chi connectivity index (χ3n) is 7.95. The highest BCUT2D eigenvalue weighted by molar-refractivity contribution is 6.05. The van der Waals surface area contributed by atoms with Crippen LogP contribution in [-0.2, 0) is 11.3 Å². The molecule has 4 atom stereocenters. The van der Waals surface area contributed by atoms with Gasteiger partial charge < -0.3 is 24.8 Å². The van der Waals surface area contributed by atoms with Crippen molar-refractivity contribution in [3.8, 4) is 5.75 Å². The molecule has 10 nitrogen and oxygen atoms in total. The number of amides is 2. The maximum absolute atomic E-state index is 14.3. The average molecular weight is 604 g/mol. The van der Waals surface area contributed by atoms with E-state index in [1.54, 1.807) is 60.0 Å². The summed E-state index contributed by atoms with van der Waals surface area (Å²) >= 11 is 0. The third kappa shape index (κ3) is 9.32. The van der Waals surface area contributed by atoms with Crippen LogP contribution in [0.2, 0.25) is 0 Å². The quantitative estimate of drug-likeness (QED) is 0.382. The molecular weight excluding hydrogens is 558 g/mol. The Labute approximate surface area is 260 Å². The van der Waals surface area contributed by atoms with E-state index in [1.165, 1.54) is 5.56 Å². The Morgan fingerprint density at radius 3 is 2.50 bits per heavy atom. The van der Waals surface area contributed by atoms with Crippen molar-refractivity contribution in [1.29, 1.82) is 0 Å². The first kappa shape index (κ1) is 33.0. The highest BCUT2D eigenvalue weighted by Crippen LogP contribution is 2.29. The molecule has 2 aromatic heterocycles. The number of nitrogens with zero attached hydrogens (tertiary/aromatic N) is 4. The number of anilines is 1. The van der Waals surface area contributed by atoms with Crippen molar-refractivity contribution in [2.24, 2.45) is 5.92 Å². The van der Waals surface area contributed by atoms with Gasteiger partial charge in [-0.3, -0.25) is 24.5 Å². The van der Waals surface area contributed by atoms with Gasteiger partial charge in [0, 0.05) is 68.2 Å². The number of aliphatic hydroxyl groups is 1. The Bertz CT molecular complexity index is 1340. The standard InChI is InChI=1S/C34H45N5O5/c1-24-20-39(25(2)23-40)34(42)30-19-29(37-33(41)28-12-16-36-17-13-28)8-9-31(30)44-26(3)7-5-6-18-43-32(24)22-38(4)21-27-10-14-35-15-11-27/h8-17,19,24-26,32,40H,5-7,18,20-23H2,1-4H3,(H,37,41)/t24-,25+,26-,32-/m1/s1. The van der Waals surface area contributed by atoms with E-state index >= 15 is 0 Å². The van der Waals surface area contributed by atoms with Gasteiger partial charge in [0.15, 0.2) is 0 Å². The van der Waals surface area contributed by atoms with Crippen LogP contribution in [0.1, 0.15) is 66.3 Å².